The Labute approximate surface area is 271 Å². The average Bonchev–Trinajstić information content (AvgIpc) is 3.52. The number of aromatic nitrogens is 1. The van der Waals surface area contributed by atoms with Gasteiger partial charge in [0.2, 0.25) is 0 Å². The predicted octanol–water partition coefficient (Wildman–Crippen LogP) is 11.4. The van der Waals surface area contributed by atoms with E-state index in [2.05, 4.69) is 123 Å². The quantitative estimate of drug-likeness (QED) is 0.234. The number of aryl methyl sites for hydroxylation is 3. The van der Waals surface area contributed by atoms with Crippen molar-refractivity contribution in [1.82, 2.24) is 4.98 Å². The molecular formula is C40H60N4. The molecule has 5 rings (SSSR count). The highest BCUT2D eigenvalue weighted by Crippen LogP contribution is 2.20. The van der Waals surface area contributed by atoms with Crippen LogP contribution in [0.5, 0.6) is 0 Å². The topological polar surface area (TPSA) is 40.5 Å². The number of fused-ring (bicyclic) bond motifs is 1. The molecule has 1 unspecified atom stereocenters. The Balaban J connectivity index is 0. The maximum Gasteiger partial charge on any atom is 0.0594 e. The van der Waals surface area contributed by atoms with E-state index in [0.717, 1.165) is 6.54 Å². The molecule has 0 spiro atoms. The Bertz CT molecular complexity index is 1350. The zero-order valence-electron chi connectivity index (χ0n) is 30.2. The van der Waals surface area contributed by atoms with Crippen molar-refractivity contribution in [2.45, 2.75) is 90.0 Å². The number of anilines is 2. The molecule has 240 valence electrons. The van der Waals surface area contributed by atoms with Gasteiger partial charge in [0.1, 0.15) is 0 Å². The van der Waals surface area contributed by atoms with Crippen LogP contribution in [0.25, 0.3) is 10.8 Å². The van der Waals surface area contributed by atoms with Crippen LogP contribution in [-0.4, -0.2) is 24.8 Å². The van der Waals surface area contributed by atoms with E-state index in [1.165, 1.54) is 44.4 Å². The largest absolute Gasteiger partial charge is 0.388 e. The SMILES string of the molecule is CC.CC.CC.CC#CC.CNc1cccc(C)c1C.Cc1ccc(N2CC(C)C=N2)cc1.Cc1cncc2ccccc12. The molecule has 0 saturated carbocycles. The molecule has 4 aromatic rings. The minimum atomic E-state index is 0.571. The van der Waals surface area contributed by atoms with Crippen molar-refractivity contribution in [2.75, 3.05) is 23.9 Å². The first-order chi connectivity index (χ1) is 21.3. The number of pyridine rings is 1. The molecule has 0 bridgehead atoms. The Morgan fingerprint density at radius 2 is 1.32 bits per heavy atom. The minimum Gasteiger partial charge on any atom is -0.388 e. The number of nitrogens with zero attached hydrogens (tertiary/aromatic N) is 3. The first kappa shape index (κ1) is 42.0. The normalized spacial score (nSPS) is 11.7. The second kappa shape index (κ2) is 26.5. The monoisotopic (exact) mass is 596 g/mol. The lowest BCUT2D eigenvalue weighted by Crippen LogP contribution is -2.15. The van der Waals surface area contributed by atoms with E-state index in [0.29, 0.717) is 5.92 Å². The maximum atomic E-state index is 4.32. The molecule has 0 fully saturated rings. The Morgan fingerprint density at radius 1 is 0.727 bits per heavy atom. The summed E-state index contributed by atoms with van der Waals surface area (Å²) < 4.78 is 0. The number of nitrogens with one attached hydrogen (secondary N) is 1. The Kier molecular flexibility index (Phi) is 25.3. The van der Waals surface area contributed by atoms with Crippen LogP contribution in [0.2, 0.25) is 0 Å². The minimum absolute atomic E-state index is 0.571. The van der Waals surface area contributed by atoms with E-state index >= 15 is 0 Å². The highest BCUT2D eigenvalue weighted by Gasteiger charge is 2.13. The molecule has 44 heavy (non-hydrogen) atoms. The molecular weight excluding hydrogens is 536 g/mol. The number of hydrogen-bond acceptors (Lipinski definition) is 4. The summed E-state index contributed by atoms with van der Waals surface area (Å²) in [6, 6.07) is 23.0. The molecule has 4 nitrogen and oxygen atoms in total. The van der Waals surface area contributed by atoms with Crippen LogP contribution in [0, 0.1) is 45.5 Å². The van der Waals surface area contributed by atoms with Gasteiger partial charge >= 0.3 is 0 Å². The highest BCUT2D eigenvalue weighted by atomic mass is 15.5. The lowest BCUT2D eigenvalue weighted by molar-refractivity contribution is 0.781. The molecule has 0 aliphatic carbocycles. The first-order valence-corrected chi connectivity index (χ1v) is 16.1. The molecule has 3 aromatic carbocycles. The second-order valence-corrected chi connectivity index (χ2v) is 9.33. The summed E-state index contributed by atoms with van der Waals surface area (Å²) in [6.45, 7) is 27.2. The number of benzene rings is 3. The summed E-state index contributed by atoms with van der Waals surface area (Å²) in [5.41, 5.74) is 7.62. The predicted molar refractivity (Wildman–Crippen MR) is 201 cm³/mol. The van der Waals surface area contributed by atoms with Crippen LogP contribution in [-0.2, 0) is 0 Å². The van der Waals surface area contributed by atoms with Crippen molar-refractivity contribution >= 4 is 28.4 Å². The van der Waals surface area contributed by atoms with Crippen molar-refractivity contribution in [1.29, 1.82) is 0 Å². The first-order valence-electron chi connectivity index (χ1n) is 16.1. The maximum absolute atomic E-state index is 4.32. The summed E-state index contributed by atoms with van der Waals surface area (Å²) >= 11 is 0. The Morgan fingerprint density at radius 3 is 1.80 bits per heavy atom. The molecule has 0 amide bonds. The summed E-state index contributed by atoms with van der Waals surface area (Å²) in [4.78, 5) is 4.11. The fourth-order valence-corrected chi connectivity index (χ4v) is 3.74. The van der Waals surface area contributed by atoms with Gasteiger partial charge < -0.3 is 5.32 Å². The summed E-state index contributed by atoms with van der Waals surface area (Å²) in [5.74, 6) is 5.93. The molecule has 0 saturated heterocycles. The van der Waals surface area contributed by atoms with Crippen LogP contribution in [0.3, 0.4) is 0 Å². The summed E-state index contributed by atoms with van der Waals surface area (Å²) in [6.07, 6.45) is 5.78. The van der Waals surface area contributed by atoms with E-state index in [1.807, 2.05) is 92.1 Å². The van der Waals surface area contributed by atoms with Gasteiger partial charge in [0, 0.05) is 49.2 Å². The van der Waals surface area contributed by atoms with E-state index in [9.17, 15) is 0 Å². The van der Waals surface area contributed by atoms with Crippen LogP contribution in [0.4, 0.5) is 11.4 Å². The van der Waals surface area contributed by atoms with Crippen LogP contribution < -0.4 is 10.3 Å². The third-order valence-electron chi connectivity index (χ3n) is 6.24. The lowest BCUT2D eigenvalue weighted by atomic mass is 10.1. The van der Waals surface area contributed by atoms with Crippen molar-refractivity contribution in [3.05, 3.63) is 101 Å². The van der Waals surface area contributed by atoms with Crippen molar-refractivity contribution in [3.8, 4) is 11.8 Å². The zero-order chi connectivity index (χ0) is 33.9. The van der Waals surface area contributed by atoms with Gasteiger partial charge in [0.15, 0.2) is 0 Å². The van der Waals surface area contributed by atoms with Gasteiger partial charge in [-0.25, -0.2) is 0 Å². The van der Waals surface area contributed by atoms with Gasteiger partial charge in [0.25, 0.3) is 0 Å². The van der Waals surface area contributed by atoms with E-state index < -0.39 is 0 Å². The van der Waals surface area contributed by atoms with Gasteiger partial charge in [-0.3, -0.25) is 9.99 Å². The molecule has 0 radical (unpaired) electrons. The molecule has 1 N–H and O–H groups in total. The standard InChI is InChI=1S/C11H14N2.C10H9N.C9H13N.C4H6.3C2H6/c1-9-3-5-11(6-4-9)13-8-10(2)7-12-13;1-8-6-11-7-9-4-2-3-5-10(8)9;1-7-5-4-6-9(10-3)8(7)2;1-3-4-2;3*1-2/h3-7,10H,8H2,1-2H3;2-7H,1H3;4-6,10H,1-3H3;1-2H3;3*1-2H3. The smallest absolute Gasteiger partial charge is 0.0594 e. The van der Waals surface area contributed by atoms with Gasteiger partial charge in [-0.15, -0.1) is 11.8 Å². The summed E-state index contributed by atoms with van der Waals surface area (Å²) in [7, 11) is 1.95. The molecule has 1 aliphatic heterocycles. The van der Waals surface area contributed by atoms with E-state index in [4.69, 9.17) is 0 Å². The van der Waals surface area contributed by atoms with E-state index in [1.54, 1.807) is 0 Å². The van der Waals surface area contributed by atoms with Crippen molar-refractivity contribution in [2.24, 2.45) is 11.0 Å². The Hall–Kier alpha value is -4.10. The fourth-order valence-electron chi connectivity index (χ4n) is 3.74. The number of hydrazone groups is 1. The zero-order valence-corrected chi connectivity index (χ0v) is 30.2. The van der Waals surface area contributed by atoms with Gasteiger partial charge in [-0.1, -0.05) is 103 Å². The average molecular weight is 597 g/mol. The van der Waals surface area contributed by atoms with Crippen LogP contribution >= 0.6 is 0 Å². The lowest BCUT2D eigenvalue weighted by Gasteiger charge is -2.14. The molecule has 2 heterocycles. The molecule has 1 aromatic heterocycles. The molecule has 4 heteroatoms. The van der Waals surface area contributed by atoms with Crippen LogP contribution in [0.15, 0.2) is 84.2 Å². The van der Waals surface area contributed by atoms with Gasteiger partial charge in [0.05, 0.1) is 5.69 Å². The number of hydrogen-bond donors (Lipinski definition) is 1. The van der Waals surface area contributed by atoms with Gasteiger partial charge in [-0.2, -0.15) is 5.10 Å². The van der Waals surface area contributed by atoms with Crippen molar-refractivity contribution in [3.63, 3.8) is 0 Å². The third-order valence-corrected chi connectivity index (χ3v) is 6.24. The van der Waals surface area contributed by atoms with E-state index in [-0.39, 0.29) is 0 Å². The van der Waals surface area contributed by atoms with Gasteiger partial charge in [-0.05, 0) is 81.8 Å². The third kappa shape index (κ3) is 15.9. The number of rotatable bonds is 2. The highest BCUT2D eigenvalue weighted by molar-refractivity contribution is 5.84. The summed E-state index contributed by atoms with van der Waals surface area (Å²) in [5, 5.41) is 12.0. The molecule has 1 aliphatic rings. The fraction of sp³-hybridized carbons (Fsp3) is 0.400. The van der Waals surface area contributed by atoms with Crippen LogP contribution in [0.1, 0.15) is 84.6 Å². The second-order valence-electron chi connectivity index (χ2n) is 9.33. The molecule has 1 atom stereocenters. The van der Waals surface area contributed by atoms with Crippen molar-refractivity contribution < 1.29 is 0 Å².